The minimum atomic E-state index is -0.186. The van der Waals surface area contributed by atoms with E-state index in [2.05, 4.69) is 15.2 Å². The molecule has 0 aliphatic carbocycles. The molecule has 0 aliphatic rings. The largest absolute Gasteiger partial charge is 0.343 e. The molecule has 17 heavy (non-hydrogen) atoms. The highest BCUT2D eigenvalue weighted by Crippen LogP contribution is 2.26. The van der Waals surface area contributed by atoms with Crippen LogP contribution in [0.25, 0.3) is 0 Å². The molecule has 2 rings (SSSR count). The van der Waals surface area contributed by atoms with E-state index in [4.69, 9.17) is 11.6 Å². The van der Waals surface area contributed by atoms with E-state index in [1.54, 1.807) is 16.8 Å². The van der Waals surface area contributed by atoms with E-state index in [0.717, 1.165) is 11.3 Å². The molecule has 0 bridgehead atoms. The SMILES string of the molecule is CCCn1c(Sc2ccnc(Cl)c2)n[nH]c1=O. The van der Waals surface area contributed by atoms with E-state index < -0.39 is 0 Å². The van der Waals surface area contributed by atoms with Crippen LogP contribution in [0.15, 0.2) is 33.2 Å². The quantitative estimate of drug-likeness (QED) is 0.865. The highest BCUT2D eigenvalue weighted by atomic mass is 35.5. The summed E-state index contributed by atoms with van der Waals surface area (Å²) in [4.78, 5) is 16.3. The fourth-order valence-electron chi connectivity index (χ4n) is 1.36. The Kier molecular flexibility index (Phi) is 3.86. The van der Waals surface area contributed by atoms with Crippen LogP contribution in [0.5, 0.6) is 0 Å². The second-order valence-corrected chi connectivity index (χ2v) is 4.81. The zero-order valence-corrected chi connectivity index (χ0v) is 10.8. The lowest BCUT2D eigenvalue weighted by Crippen LogP contribution is -2.17. The monoisotopic (exact) mass is 270 g/mol. The summed E-state index contributed by atoms with van der Waals surface area (Å²) >= 11 is 7.18. The summed E-state index contributed by atoms with van der Waals surface area (Å²) in [6.45, 7) is 2.66. The molecule has 0 saturated carbocycles. The summed E-state index contributed by atoms with van der Waals surface area (Å²) in [5, 5.41) is 7.49. The van der Waals surface area contributed by atoms with Gasteiger partial charge in [0.2, 0.25) is 0 Å². The Bertz CT molecular complexity index is 565. The Morgan fingerprint density at radius 1 is 1.59 bits per heavy atom. The van der Waals surface area contributed by atoms with Gasteiger partial charge in [-0.2, -0.15) is 0 Å². The number of nitrogens with one attached hydrogen (secondary N) is 1. The summed E-state index contributed by atoms with van der Waals surface area (Å²) in [7, 11) is 0. The lowest BCUT2D eigenvalue weighted by molar-refractivity contribution is 0.604. The van der Waals surface area contributed by atoms with Gasteiger partial charge in [-0.1, -0.05) is 18.5 Å². The molecule has 2 aromatic rings. The minimum absolute atomic E-state index is 0.186. The molecular weight excluding hydrogens is 260 g/mol. The van der Waals surface area contributed by atoms with Gasteiger partial charge in [0.05, 0.1) is 0 Å². The lowest BCUT2D eigenvalue weighted by atomic mass is 10.5. The van der Waals surface area contributed by atoms with Crippen molar-refractivity contribution in [3.05, 3.63) is 34.0 Å². The molecule has 0 atom stereocenters. The van der Waals surface area contributed by atoms with Gasteiger partial charge in [0.1, 0.15) is 5.15 Å². The molecule has 5 nitrogen and oxygen atoms in total. The zero-order valence-electron chi connectivity index (χ0n) is 9.18. The van der Waals surface area contributed by atoms with E-state index in [0.29, 0.717) is 16.9 Å². The second-order valence-electron chi connectivity index (χ2n) is 3.38. The first-order valence-electron chi connectivity index (χ1n) is 5.15. The Hall–Kier alpha value is -1.27. The third kappa shape index (κ3) is 2.89. The van der Waals surface area contributed by atoms with Gasteiger partial charge in [-0.25, -0.2) is 14.9 Å². The smallest absolute Gasteiger partial charge is 0.270 e. The van der Waals surface area contributed by atoms with E-state index in [1.807, 2.05) is 13.0 Å². The van der Waals surface area contributed by atoms with Crippen molar-refractivity contribution in [1.29, 1.82) is 0 Å². The van der Waals surface area contributed by atoms with E-state index in [1.165, 1.54) is 11.8 Å². The van der Waals surface area contributed by atoms with Crippen LogP contribution in [-0.2, 0) is 6.54 Å². The predicted molar refractivity (Wildman–Crippen MR) is 66.5 cm³/mol. The lowest BCUT2D eigenvalue weighted by Gasteiger charge is -2.03. The molecule has 90 valence electrons. The first-order valence-corrected chi connectivity index (χ1v) is 6.34. The number of hydrogen-bond donors (Lipinski definition) is 1. The molecule has 0 saturated heterocycles. The van der Waals surface area contributed by atoms with Crippen molar-refractivity contribution >= 4 is 23.4 Å². The molecule has 7 heteroatoms. The Morgan fingerprint density at radius 2 is 2.41 bits per heavy atom. The van der Waals surface area contributed by atoms with Crippen molar-refractivity contribution in [3.8, 4) is 0 Å². The summed E-state index contributed by atoms with van der Waals surface area (Å²) in [5.41, 5.74) is -0.186. The molecule has 2 heterocycles. The van der Waals surface area contributed by atoms with Crippen molar-refractivity contribution in [2.24, 2.45) is 0 Å². The van der Waals surface area contributed by atoms with Gasteiger partial charge < -0.3 is 0 Å². The van der Waals surface area contributed by atoms with Crippen molar-refractivity contribution < 1.29 is 0 Å². The molecule has 0 aliphatic heterocycles. The number of rotatable bonds is 4. The Labute approximate surface area is 107 Å². The average Bonchev–Trinajstić information content (AvgIpc) is 2.62. The summed E-state index contributed by atoms with van der Waals surface area (Å²) in [6, 6.07) is 3.56. The summed E-state index contributed by atoms with van der Waals surface area (Å²) in [5.74, 6) is 0. The molecule has 0 radical (unpaired) electrons. The molecule has 0 amide bonds. The fraction of sp³-hybridized carbons (Fsp3) is 0.300. The molecule has 0 spiro atoms. The highest BCUT2D eigenvalue weighted by Gasteiger charge is 2.09. The van der Waals surface area contributed by atoms with Gasteiger partial charge in [0.15, 0.2) is 5.16 Å². The zero-order chi connectivity index (χ0) is 12.3. The maximum atomic E-state index is 11.5. The number of H-pyrrole nitrogens is 1. The number of aromatic nitrogens is 4. The second kappa shape index (κ2) is 5.37. The Balaban J connectivity index is 2.27. The van der Waals surface area contributed by atoms with Gasteiger partial charge in [0.25, 0.3) is 0 Å². The summed E-state index contributed by atoms with van der Waals surface area (Å²) in [6.07, 6.45) is 2.50. The molecule has 0 fully saturated rings. The van der Waals surface area contributed by atoms with Crippen LogP contribution in [0.2, 0.25) is 5.15 Å². The van der Waals surface area contributed by atoms with Gasteiger partial charge in [-0.05, 0) is 30.3 Å². The van der Waals surface area contributed by atoms with Crippen LogP contribution in [0.3, 0.4) is 0 Å². The maximum Gasteiger partial charge on any atom is 0.343 e. The standard InChI is InChI=1S/C10H11ClN4OS/c1-2-5-15-9(16)13-14-10(15)17-7-3-4-12-8(11)6-7/h3-4,6H,2,5H2,1H3,(H,13,16). The molecular formula is C10H11ClN4OS. The van der Waals surface area contributed by atoms with Crippen LogP contribution in [0, 0.1) is 0 Å². The van der Waals surface area contributed by atoms with Crippen LogP contribution >= 0.6 is 23.4 Å². The number of halogens is 1. The number of hydrogen-bond acceptors (Lipinski definition) is 4. The van der Waals surface area contributed by atoms with Crippen LogP contribution in [-0.4, -0.2) is 19.7 Å². The predicted octanol–water partition coefficient (Wildman–Crippen LogP) is 2.18. The first kappa shape index (κ1) is 12.2. The molecule has 2 aromatic heterocycles. The van der Waals surface area contributed by atoms with Crippen molar-refractivity contribution in [3.63, 3.8) is 0 Å². The number of nitrogens with zero attached hydrogens (tertiary/aromatic N) is 3. The third-order valence-corrected chi connectivity index (χ3v) is 3.27. The van der Waals surface area contributed by atoms with Crippen molar-refractivity contribution in [2.75, 3.05) is 0 Å². The van der Waals surface area contributed by atoms with E-state index >= 15 is 0 Å². The topological polar surface area (TPSA) is 63.6 Å². The van der Waals surface area contributed by atoms with Gasteiger partial charge in [0, 0.05) is 17.6 Å². The van der Waals surface area contributed by atoms with Gasteiger partial charge in [-0.3, -0.25) is 4.57 Å². The minimum Gasteiger partial charge on any atom is -0.270 e. The number of pyridine rings is 1. The molecule has 1 N–H and O–H groups in total. The van der Waals surface area contributed by atoms with Crippen LogP contribution in [0.1, 0.15) is 13.3 Å². The molecule has 0 unspecified atom stereocenters. The fourth-order valence-corrected chi connectivity index (χ4v) is 2.48. The van der Waals surface area contributed by atoms with E-state index in [-0.39, 0.29) is 5.69 Å². The summed E-state index contributed by atoms with van der Waals surface area (Å²) < 4.78 is 1.61. The van der Waals surface area contributed by atoms with Crippen LogP contribution < -0.4 is 5.69 Å². The normalized spacial score (nSPS) is 10.7. The van der Waals surface area contributed by atoms with E-state index in [9.17, 15) is 4.79 Å². The first-order chi connectivity index (χ1) is 8.20. The maximum absolute atomic E-state index is 11.5. The van der Waals surface area contributed by atoms with Gasteiger partial charge >= 0.3 is 5.69 Å². The average molecular weight is 271 g/mol. The molecule has 0 aromatic carbocycles. The highest BCUT2D eigenvalue weighted by molar-refractivity contribution is 7.99. The van der Waals surface area contributed by atoms with Gasteiger partial charge in [-0.15, -0.1) is 5.10 Å². The third-order valence-electron chi connectivity index (χ3n) is 2.08. The Morgan fingerprint density at radius 3 is 3.12 bits per heavy atom. The number of aromatic amines is 1. The van der Waals surface area contributed by atoms with Crippen molar-refractivity contribution in [1.82, 2.24) is 19.7 Å². The van der Waals surface area contributed by atoms with Crippen molar-refractivity contribution in [2.45, 2.75) is 29.9 Å². The van der Waals surface area contributed by atoms with Crippen LogP contribution in [0.4, 0.5) is 0 Å².